The summed E-state index contributed by atoms with van der Waals surface area (Å²) < 4.78 is 39.0. The van der Waals surface area contributed by atoms with Crippen LogP contribution in [-0.2, 0) is 16.4 Å². The molecule has 2 aromatic carbocycles. The summed E-state index contributed by atoms with van der Waals surface area (Å²) in [6, 6.07) is 10.8. The van der Waals surface area contributed by atoms with Gasteiger partial charge in [-0.15, -0.1) is 0 Å². The third kappa shape index (κ3) is 4.49. The van der Waals surface area contributed by atoms with E-state index in [9.17, 15) is 18.0 Å². The number of methoxy groups -OCH3 is 2. The molecule has 178 valence electrons. The Kier molecular flexibility index (Phi) is 6.34. The van der Waals surface area contributed by atoms with Gasteiger partial charge in [-0.3, -0.25) is 14.3 Å². The topological polar surface area (TPSA) is 127 Å². The number of hydrogen-bond donors (Lipinski definition) is 3. The average molecular weight is 484 g/mol. The third-order valence-electron chi connectivity index (χ3n) is 5.72. The molecule has 9 nitrogen and oxygen atoms in total. The van der Waals surface area contributed by atoms with Gasteiger partial charge in [0.15, 0.2) is 5.78 Å². The number of H-pyrrole nitrogens is 1. The van der Waals surface area contributed by atoms with Gasteiger partial charge in [-0.2, -0.15) is 0 Å². The van der Waals surface area contributed by atoms with Crippen molar-refractivity contribution in [3.8, 4) is 11.5 Å². The van der Waals surface area contributed by atoms with Gasteiger partial charge in [-0.05, 0) is 67.8 Å². The zero-order valence-corrected chi connectivity index (χ0v) is 19.8. The normalized spacial score (nSPS) is 13.2. The summed E-state index contributed by atoms with van der Waals surface area (Å²) in [6.45, 7) is 1.73. The lowest BCUT2D eigenvalue weighted by atomic mass is 9.94. The SMILES string of the molecule is COc1ccc(NS(=O)(=O)c2cc(NC(=O)c3[nH]c4c(c3C)C(=O)CCC4)ccc2OC)cc1. The van der Waals surface area contributed by atoms with Gasteiger partial charge in [0.2, 0.25) is 0 Å². The molecular formula is C24H25N3O6S. The minimum Gasteiger partial charge on any atom is -0.497 e. The average Bonchev–Trinajstić information content (AvgIpc) is 3.17. The number of aryl methyl sites for hydroxylation is 1. The molecule has 10 heteroatoms. The van der Waals surface area contributed by atoms with Crippen molar-refractivity contribution in [1.82, 2.24) is 4.98 Å². The summed E-state index contributed by atoms with van der Waals surface area (Å²) in [4.78, 5) is 28.2. The second kappa shape index (κ2) is 9.22. The molecule has 0 bridgehead atoms. The highest BCUT2D eigenvalue weighted by atomic mass is 32.2. The van der Waals surface area contributed by atoms with Crippen molar-refractivity contribution in [2.45, 2.75) is 31.1 Å². The van der Waals surface area contributed by atoms with Gasteiger partial charge >= 0.3 is 0 Å². The Morgan fingerprint density at radius 1 is 1.00 bits per heavy atom. The van der Waals surface area contributed by atoms with Crippen molar-refractivity contribution in [2.24, 2.45) is 0 Å². The van der Waals surface area contributed by atoms with E-state index in [-0.39, 0.29) is 27.8 Å². The Balaban J connectivity index is 1.61. The largest absolute Gasteiger partial charge is 0.497 e. The predicted molar refractivity (Wildman–Crippen MR) is 128 cm³/mol. The fraction of sp³-hybridized carbons (Fsp3) is 0.250. The second-order valence-electron chi connectivity index (χ2n) is 7.91. The zero-order valence-electron chi connectivity index (χ0n) is 19.0. The molecule has 34 heavy (non-hydrogen) atoms. The van der Waals surface area contributed by atoms with Crippen LogP contribution in [0.15, 0.2) is 47.4 Å². The van der Waals surface area contributed by atoms with E-state index in [1.807, 2.05) is 0 Å². The Morgan fingerprint density at radius 2 is 1.71 bits per heavy atom. The highest BCUT2D eigenvalue weighted by molar-refractivity contribution is 7.92. The third-order valence-corrected chi connectivity index (χ3v) is 7.12. The standard InChI is InChI=1S/C24H25N3O6S/c1-14-22-18(5-4-6-19(22)28)26-23(14)24(29)25-16-9-12-20(33-3)21(13-16)34(30,31)27-15-7-10-17(32-2)11-8-15/h7-13,26-27H,4-6H2,1-3H3,(H,25,29). The molecule has 1 aliphatic rings. The summed E-state index contributed by atoms with van der Waals surface area (Å²) in [6.07, 6.45) is 1.92. The molecule has 3 aromatic rings. The number of ether oxygens (including phenoxy) is 2. The maximum atomic E-state index is 13.1. The predicted octanol–water partition coefficient (Wildman–Crippen LogP) is 3.91. The van der Waals surface area contributed by atoms with Gasteiger partial charge in [0.1, 0.15) is 22.1 Å². The molecule has 0 atom stereocenters. The van der Waals surface area contributed by atoms with Crippen LogP contribution in [0.4, 0.5) is 11.4 Å². The smallest absolute Gasteiger partial charge is 0.272 e. The van der Waals surface area contributed by atoms with Crippen molar-refractivity contribution < 1.29 is 27.5 Å². The number of nitrogens with one attached hydrogen (secondary N) is 3. The molecule has 1 aromatic heterocycles. The van der Waals surface area contributed by atoms with Crippen LogP contribution in [0.5, 0.6) is 11.5 Å². The maximum Gasteiger partial charge on any atom is 0.272 e. The van der Waals surface area contributed by atoms with E-state index in [0.29, 0.717) is 35.4 Å². The van der Waals surface area contributed by atoms with E-state index in [1.54, 1.807) is 37.3 Å². The molecule has 0 saturated heterocycles. The van der Waals surface area contributed by atoms with Gasteiger partial charge in [0.25, 0.3) is 15.9 Å². The fourth-order valence-electron chi connectivity index (χ4n) is 4.03. The molecule has 0 spiro atoms. The Morgan fingerprint density at radius 3 is 2.35 bits per heavy atom. The maximum absolute atomic E-state index is 13.1. The van der Waals surface area contributed by atoms with Gasteiger partial charge in [0.05, 0.1) is 14.2 Å². The second-order valence-corrected chi connectivity index (χ2v) is 9.56. The molecule has 0 unspecified atom stereocenters. The van der Waals surface area contributed by atoms with E-state index >= 15 is 0 Å². The number of fused-ring (bicyclic) bond motifs is 1. The van der Waals surface area contributed by atoms with Crippen molar-refractivity contribution in [3.63, 3.8) is 0 Å². The Labute approximate surface area is 197 Å². The number of aromatic nitrogens is 1. The van der Waals surface area contributed by atoms with Crippen LogP contribution in [-0.4, -0.2) is 39.3 Å². The van der Waals surface area contributed by atoms with Gasteiger partial charge in [0, 0.05) is 29.1 Å². The number of ketones is 1. The van der Waals surface area contributed by atoms with E-state index in [0.717, 1.165) is 12.1 Å². The lowest BCUT2D eigenvalue weighted by Gasteiger charge is -2.14. The number of sulfonamides is 1. The summed E-state index contributed by atoms with van der Waals surface area (Å²) in [5.41, 5.74) is 2.84. The highest BCUT2D eigenvalue weighted by Crippen LogP contribution is 2.31. The number of amides is 1. The number of rotatable bonds is 7. The molecule has 4 rings (SSSR count). The summed E-state index contributed by atoms with van der Waals surface area (Å²) in [5.74, 6) is 0.275. The quantitative estimate of drug-likeness (QED) is 0.468. The molecular weight excluding hydrogens is 458 g/mol. The van der Waals surface area contributed by atoms with Crippen LogP contribution in [0.25, 0.3) is 0 Å². The number of hydrogen-bond acceptors (Lipinski definition) is 6. The molecule has 1 aliphatic carbocycles. The number of carbonyl (C=O) groups excluding carboxylic acids is 2. The number of carbonyl (C=O) groups is 2. The molecule has 0 saturated carbocycles. The van der Waals surface area contributed by atoms with Crippen LogP contribution in [0.3, 0.4) is 0 Å². The van der Waals surface area contributed by atoms with Gasteiger partial charge in [-0.1, -0.05) is 0 Å². The number of Topliss-reactive ketones (excluding diaryl/α,β-unsaturated/α-hetero) is 1. The summed E-state index contributed by atoms with van der Waals surface area (Å²) in [7, 11) is -1.15. The van der Waals surface area contributed by atoms with Crippen molar-refractivity contribution in [3.05, 3.63) is 65.0 Å². The molecule has 1 amide bonds. The Bertz CT molecular complexity index is 1360. The van der Waals surface area contributed by atoms with E-state index in [1.165, 1.54) is 26.4 Å². The number of anilines is 2. The van der Waals surface area contributed by atoms with Gasteiger partial charge in [-0.25, -0.2) is 8.42 Å². The first-order valence-corrected chi connectivity index (χ1v) is 12.1. The molecule has 0 aliphatic heterocycles. The molecule has 1 heterocycles. The van der Waals surface area contributed by atoms with Crippen LogP contribution >= 0.6 is 0 Å². The van der Waals surface area contributed by atoms with Crippen LogP contribution in [0.2, 0.25) is 0 Å². The van der Waals surface area contributed by atoms with E-state index in [2.05, 4.69) is 15.0 Å². The zero-order chi connectivity index (χ0) is 24.5. The van der Waals surface area contributed by atoms with E-state index in [4.69, 9.17) is 9.47 Å². The fourth-order valence-corrected chi connectivity index (χ4v) is 5.28. The minimum absolute atomic E-state index is 0.0245. The Hall–Kier alpha value is -3.79. The number of aromatic amines is 1. The number of benzene rings is 2. The van der Waals surface area contributed by atoms with Crippen molar-refractivity contribution in [2.75, 3.05) is 24.3 Å². The lowest BCUT2D eigenvalue weighted by molar-refractivity contribution is 0.0971. The van der Waals surface area contributed by atoms with Crippen LogP contribution in [0, 0.1) is 6.92 Å². The van der Waals surface area contributed by atoms with Crippen molar-refractivity contribution in [1.29, 1.82) is 0 Å². The highest BCUT2D eigenvalue weighted by Gasteiger charge is 2.27. The minimum atomic E-state index is -4.04. The first-order chi connectivity index (χ1) is 16.2. The molecule has 0 fully saturated rings. The monoisotopic (exact) mass is 483 g/mol. The molecule has 3 N–H and O–H groups in total. The summed E-state index contributed by atoms with van der Waals surface area (Å²) in [5, 5.41) is 2.72. The molecule has 0 radical (unpaired) electrons. The first kappa shape index (κ1) is 23.4. The van der Waals surface area contributed by atoms with Gasteiger partial charge < -0.3 is 19.8 Å². The van der Waals surface area contributed by atoms with E-state index < -0.39 is 15.9 Å². The summed E-state index contributed by atoms with van der Waals surface area (Å²) >= 11 is 0. The van der Waals surface area contributed by atoms with Crippen molar-refractivity contribution >= 4 is 33.1 Å². The lowest BCUT2D eigenvalue weighted by Crippen LogP contribution is -2.17. The van der Waals surface area contributed by atoms with Crippen LogP contribution < -0.4 is 19.5 Å². The van der Waals surface area contributed by atoms with Crippen LogP contribution in [0.1, 0.15) is 44.9 Å². The first-order valence-electron chi connectivity index (χ1n) is 10.6.